The molecule has 0 aliphatic rings. The lowest BCUT2D eigenvalue weighted by atomic mass is 9.90. The predicted molar refractivity (Wildman–Crippen MR) is 158 cm³/mol. The van der Waals surface area contributed by atoms with Crippen molar-refractivity contribution in [2.75, 3.05) is 5.32 Å². The maximum absolute atomic E-state index is 8.15. The first-order chi connectivity index (χ1) is 20.4. The van der Waals surface area contributed by atoms with Gasteiger partial charge in [-0.25, -0.2) is 0 Å². The van der Waals surface area contributed by atoms with Gasteiger partial charge in [0.2, 0.25) is 0 Å². The van der Waals surface area contributed by atoms with Crippen molar-refractivity contribution in [2.45, 2.75) is 0 Å². The van der Waals surface area contributed by atoms with Gasteiger partial charge in [-0.05, 0) is 74.8 Å². The van der Waals surface area contributed by atoms with Crippen LogP contribution >= 0.6 is 0 Å². The van der Waals surface area contributed by atoms with E-state index in [2.05, 4.69) is 96.3 Å². The van der Waals surface area contributed by atoms with Crippen molar-refractivity contribution in [3.63, 3.8) is 0 Å². The average molecular weight is 479 g/mol. The lowest BCUT2D eigenvalue weighted by molar-refractivity contribution is 1.53. The smallest absolute Gasteiger partial charge is 0.0645 e. The molecule has 0 radical (unpaired) electrons. The highest BCUT2D eigenvalue weighted by Crippen LogP contribution is 2.36. The van der Waals surface area contributed by atoms with Crippen molar-refractivity contribution in [1.82, 2.24) is 0 Å². The van der Waals surface area contributed by atoms with Crippen LogP contribution < -0.4 is 5.32 Å². The summed E-state index contributed by atoms with van der Waals surface area (Å²) in [6.07, 6.45) is 0. The van der Waals surface area contributed by atoms with Crippen LogP contribution in [0.3, 0.4) is 0 Å². The number of hydrogen-bond donors (Lipinski definition) is 1. The SMILES string of the molecule is [2H]c1c([2H])c([2H])c(Nc2ccc(-c3ccc(-c4cc(-c5ccccc5)ccc4-c4ccccc4)cc3)cc2)c([2H])c1[2H]. The lowest BCUT2D eigenvalue weighted by Gasteiger charge is -2.14. The van der Waals surface area contributed by atoms with Crippen LogP contribution in [0, 0.1) is 0 Å². The van der Waals surface area contributed by atoms with Gasteiger partial charge in [-0.2, -0.15) is 0 Å². The van der Waals surface area contributed by atoms with Gasteiger partial charge in [0, 0.05) is 11.4 Å². The van der Waals surface area contributed by atoms with E-state index in [-0.39, 0.29) is 29.9 Å². The second-order valence-electron chi connectivity index (χ2n) is 8.77. The molecular weight excluding hydrogens is 446 g/mol. The van der Waals surface area contributed by atoms with Crippen LogP contribution in [0.5, 0.6) is 0 Å². The molecule has 6 aromatic carbocycles. The zero-order valence-corrected chi connectivity index (χ0v) is 20.1. The Hall–Kier alpha value is -4.88. The summed E-state index contributed by atoms with van der Waals surface area (Å²) in [5, 5.41) is 3.00. The van der Waals surface area contributed by atoms with Crippen LogP contribution in [0.25, 0.3) is 44.5 Å². The molecule has 0 fully saturated rings. The number of benzene rings is 6. The van der Waals surface area contributed by atoms with Crippen LogP contribution in [0.1, 0.15) is 6.85 Å². The number of nitrogens with one attached hydrogen (secondary N) is 1. The van der Waals surface area contributed by atoms with E-state index in [1.807, 2.05) is 36.4 Å². The summed E-state index contributed by atoms with van der Waals surface area (Å²) in [4.78, 5) is 0. The normalized spacial score (nSPS) is 12.6. The third-order valence-corrected chi connectivity index (χ3v) is 6.39. The van der Waals surface area contributed by atoms with E-state index < -0.39 is 6.04 Å². The highest BCUT2D eigenvalue weighted by molar-refractivity contribution is 5.87. The van der Waals surface area contributed by atoms with Crippen molar-refractivity contribution >= 4 is 11.4 Å². The number of anilines is 2. The third kappa shape index (κ3) is 5.07. The molecule has 0 spiro atoms. The van der Waals surface area contributed by atoms with Crippen molar-refractivity contribution < 1.29 is 6.85 Å². The Balaban J connectivity index is 1.30. The molecule has 37 heavy (non-hydrogen) atoms. The van der Waals surface area contributed by atoms with Crippen molar-refractivity contribution in [3.05, 3.63) is 158 Å². The monoisotopic (exact) mass is 478 g/mol. The van der Waals surface area contributed by atoms with Crippen LogP contribution in [0.4, 0.5) is 11.4 Å². The second kappa shape index (κ2) is 10.4. The van der Waals surface area contributed by atoms with Crippen LogP contribution in [-0.4, -0.2) is 0 Å². The minimum atomic E-state index is -0.406. The molecule has 0 atom stereocenters. The maximum atomic E-state index is 8.15. The number of hydrogen-bond acceptors (Lipinski definition) is 1. The van der Waals surface area contributed by atoms with Crippen LogP contribution in [0.15, 0.2) is 158 Å². The summed E-state index contributed by atoms with van der Waals surface area (Å²) in [5.41, 5.74) is 9.71. The van der Waals surface area contributed by atoms with Gasteiger partial charge in [0.15, 0.2) is 0 Å². The van der Waals surface area contributed by atoms with Crippen LogP contribution in [0.2, 0.25) is 0 Å². The molecule has 0 heterocycles. The molecule has 6 aromatic rings. The van der Waals surface area contributed by atoms with Crippen molar-refractivity contribution in [1.29, 1.82) is 0 Å². The summed E-state index contributed by atoms with van der Waals surface area (Å²) >= 11 is 0. The first kappa shape index (κ1) is 17.5. The van der Waals surface area contributed by atoms with E-state index in [9.17, 15) is 0 Å². The molecule has 0 unspecified atom stereocenters. The molecule has 6 rings (SSSR count). The molecular formula is C36H27N. The Kier molecular flexibility index (Phi) is 4.93. The van der Waals surface area contributed by atoms with Gasteiger partial charge < -0.3 is 5.32 Å². The van der Waals surface area contributed by atoms with E-state index in [0.717, 1.165) is 27.8 Å². The predicted octanol–water partition coefficient (Wildman–Crippen LogP) is 10.1. The molecule has 1 nitrogen and oxygen atoms in total. The molecule has 0 amide bonds. The minimum absolute atomic E-state index is 0.0602. The fourth-order valence-electron chi connectivity index (χ4n) is 4.51. The van der Waals surface area contributed by atoms with Crippen LogP contribution in [-0.2, 0) is 0 Å². The van der Waals surface area contributed by atoms with Crippen molar-refractivity contribution in [2.24, 2.45) is 0 Å². The highest BCUT2D eigenvalue weighted by atomic mass is 14.9. The van der Waals surface area contributed by atoms with E-state index in [1.54, 1.807) is 0 Å². The van der Waals surface area contributed by atoms with Gasteiger partial charge in [0.05, 0.1) is 6.85 Å². The minimum Gasteiger partial charge on any atom is -0.356 e. The Morgan fingerprint density at radius 3 is 1.51 bits per heavy atom. The first-order valence-corrected chi connectivity index (χ1v) is 12.2. The fourth-order valence-corrected chi connectivity index (χ4v) is 4.51. The Morgan fingerprint density at radius 2 is 0.865 bits per heavy atom. The molecule has 1 N–H and O–H groups in total. The molecule has 0 aliphatic carbocycles. The molecule has 1 heteroatoms. The first-order valence-electron chi connectivity index (χ1n) is 14.7. The summed E-state index contributed by atoms with van der Waals surface area (Å²) in [7, 11) is 0. The highest BCUT2D eigenvalue weighted by Gasteiger charge is 2.10. The van der Waals surface area contributed by atoms with Gasteiger partial charge in [0.1, 0.15) is 0 Å². The van der Waals surface area contributed by atoms with E-state index in [1.165, 1.54) is 16.7 Å². The number of rotatable bonds is 6. The molecule has 0 bridgehead atoms. The summed E-state index contributed by atoms with van der Waals surface area (Å²) in [6.45, 7) is 0. The van der Waals surface area contributed by atoms with E-state index >= 15 is 0 Å². The summed E-state index contributed by atoms with van der Waals surface area (Å²) < 4.78 is 39.9. The maximum Gasteiger partial charge on any atom is 0.0645 e. The quantitative estimate of drug-likeness (QED) is 0.251. The lowest BCUT2D eigenvalue weighted by Crippen LogP contribution is -1.90. The number of para-hydroxylation sites is 1. The Morgan fingerprint density at radius 1 is 0.378 bits per heavy atom. The second-order valence-corrected chi connectivity index (χ2v) is 8.77. The van der Waals surface area contributed by atoms with Gasteiger partial charge in [-0.3, -0.25) is 0 Å². The molecule has 0 saturated carbocycles. The van der Waals surface area contributed by atoms with Gasteiger partial charge in [-0.15, -0.1) is 0 Å². The van der Waals surface area contributed by atoms with E-state index in [4.69, 9.17) is 6.85 Å². The zero-order valence-electron chi connectivity index (χ0n) is 25.1. The van der Waals surface area contributed by atoms with Gasteiger partial charge >= 0.3 is 0 Å². The van der Waals surface area contributed by atoms with Gasteiger partial charge in [0.25, 0.3) is 0 Å². The molecule has 176 valence electrons. The standard InChI is InChI=1S/C36H27N/c1-4-10-27(11-5-1)32-22-25-35(30-12-6-2-7-13-30)36(26-32)31-18-16-28(17-19-31)29-20-23-34(24-21-29)37-33-14-8-3-9-15-33/h1-26,37H/i3D,8D,9D,14D,15D. The topological polar surface area (TPSA) is 12.0 Å². The fraction of sp³-hybridized carbons (Fsp3) is 0. The van der Waals surface area contributed by atoms with Gasteiger partial charge in [-0.1, -0.05) is 127 Å². The molecule has 0 aliphatic heterocycles. The third-order valence-electron chi connectivity index (χ3n) is 6.39. The summed E-state index contributed by atoms with van der Waals surface area (Å²) in [6, 6.07) is 41.9. The largest absolute Gasteiger partial charge is 0.356 e. The molecule has 0 aromatic heterocycles. The Labute approximate surface area is 225 Å². The Bertz CT molecular complexity index is 1840. The van der Waals surface area contributed by atoms with Crippen molar-refractivity contribution in [3.8, 4) is 44.5 Å². The zero-order chi connectivity index (χ0) is 29.2. The summed E-state index contributed by atoms with van der Waals surface area (Å²) in [5.74, 6) is 0. The van der Waals surface area contributed by atoms with E-state index in [0.29, 0.717) is 5.69 Å². The molecule has 0 saturated heterocycles. The average Bonchev–Trinajstić information content (AvgIpc) is 3.06.